The van der Waals surface area contributed by atoms with Crippen LogP contribution in [0.15, 0.2) is 48.5 Å². The lowest BCUT2D eigenvalue weighted by Crippen LogP contribution is -2.56. The first-order chi connectivity index (χ1) is 15.2. The molecule has 3 rings (SSSR count). The molecule has 1 saturated heterocycles. The van der Waals surface area contributed by atoms with E-state index in [1.165, 1.54) is 11.1 Å². The molecule has 1 heterocycles. The van der Waals surface area contributed by atoms with Crippen molar-refractivity contribution in [2.24, 2.45) is 5.41 Å². The fourth-order valence-corrected chi connectivity index (χ4v) is 4.65. The maximum Gasteiger partial charge on any atom is 0.223 e. The van der Waals surface area contributed by atoms with Crippen LogP contribution >= 0.6 is 23.2 Å². The molecule has 0 bridgehead atoms. The predicted molar refractivity (Wildman–Crippen MR) is 132 cm³/mol. The van der Waals surface area contributed by atoms with Gasteiger partial charge in [-0.05, 0) is 47.2 Å². The minimum absolute atomic E-state index is 0.0326. The van der Waals surface area contributed by atoms with Crippen LogP contribution in [0.5, 0.6) is 0 Å². The topological polar surface area (TPSA) is 32.8 Å². The summed E-state index contributed by atoms with van der Waals surface area (Å²) in [6.45, 7) is 9.27. The standard InChI is InChI=1S/C26H34Cl2N2O2/c1-26(2,3)17-24(31)30-15-14-29(18-23(30)13-16-32-4)25(19-5-9-21(27)10-6-19)20-7-11-22(28)12-8-20/h5-12,23,25H,13-18H2,1-4H3/t23-/m0/s1. The van der Waals surface area contributed by atoms with Crippen molar-refractivity contribution in [1.82, 2.24) is 9.80 Å². The highest BCUT2D eigenvalue weighted by Crippen LogP contribution is 2.33. The second-order valence-corrected chi connectivity index (χ2v) is 10.6. The highest BCUT2D eigenvalue weighted by Gasteiger charge is 2.35. The first-order valence-electron chi connectivity index (χ1n) is 11.2. The summed E-state index contributed by atoms with van der Waals surface area (Å²) in [7, 11) is 1.71. The Morgan fingerprint density at radius 2 is 1.53 bits per heavy atom. The molecule has 4 nitrogen and oxygen atoms in total. The number of hydrogen-bond acceptors (Lipinski definition) is 3. The van der Waals surface area contributed by atoms with Gasteiger partial charge in [0.25, 0.3) is 0 Å². The molecule has 1 aliphatic rings. The minimum Gasteiger partial charge on any atom is -0.385 e. The third kappa shape index (κ3) is 6.71. The number of carbonyl (C=O) groups is 1. The Bertz CT molecular complexity index is 833. The minimum atomic E-state index is -0.0326. The van der Waals surface area contributed by atoms with E-state index in [0.717, 1.165) is 29.6 Å². The first kappa shape index (κ1) is 25.0. The lowest BCUT2D eigenvalue weighted by atomic mass is 9.90. The highest BCUT2D eigenvalue weighted by molar-refractivity contribution is 6.30. The predicted octanol–water partition coefficient (Wildman–Crippen LogP) is 6.07. The first-order valence-corrected chi connectivity index (χ1v) is 12.0. The number of hydrogen-bond donors (Lipinski definition) is 0. The van der Waals surface area contributed by atoms with Crippen LogP contribution in [0.1, 0.15) is 50.8 Å². The van der Waals surface area contributed by atoms with E-state index >= 15 is 0 Å². The van der Waals surface area contributed by atoms with Crippen molar-refractivity contribution in [3.05, 3.63) is 69.7 Å². The molecule has 1 aliphatic heterocycles. The van der Waals surface area contributed by atoms with Gasteiger partial charge in [-0.15, -0.1) is 0 Å². The number of halogens is 2. The molecule has 1 amide bonds. The monoisotopic (exact) mass is 476 g/mol. The SMILES string of the molecule is COCC[C@H]1CN(C(c2ccc(Cl)cc2)c2ccc(Cl)cc2)CCN1C(=O)CC(C)(C)C. The van der Waals surface area contributed by atoms with Crippen molar-refractivity contribution >= 4 is 29.1 Å². The van der Waals surface area contributed by atoms with Crippen LogP contribution in [0.4, 0.5) is 0 Å². The summed E-state index contributed by atoms with van der Waals surface area (Å²) in [5, 5.41) is 1.44. The molecule has 32 heavy (non-hydrogen) atoms. The van der Waals surface area contributed by atoms with Gasteiger partial charge >= 0.3 is 0 Å². The average Bonchev–Trinajstić information content (AvgIpc) is 2.74. The molecule has 0 spiro atoms. The zero-order chi connectivity index (χ0) is 23.3. The molecule has 0 radical (unpaired) electrons. The quantitative estimate of drug-likeness (QED) is 0.486. The number of piperazine rings is 1. The lowest BCUT2D eigenvalue weighted by molar-refractivity contribution is -0.139. The van der Waals surface area contributed by atoms with Crippen molar-refractivity contribution in [3.8, 4) is 0 Å². The van der Waals surface area contributed by atoms with Gasteiger partial charge in [-0.2, -0.15) is 0 Å². The van der Waals surface area contributed by atoms with Crippen molar-refractivity contribution in [2.45, 2.75) is 45.7 Å². The van der Waals surface area contributed by atoms with Crippen LogP contribution in [0.3, 0.4) is 0 Å². The Morgan fingerprint density at radius 3 is 2.00 bits per heavy atom. The van der Waals surface area contributed by atoms with Gasteiger partial charge in [0.15, 0.2) is 0 Å². The third-order valence-electron chi connectivity index (χ3n) is 5.91. The van der Waals surface area contributed by atoms with Crippen LogP contribution in [-0.2, 0) is 9.53 Å². The average molecular weight is 477 g/mol. The Hall–Kier alpha value is -1.59. The molecule has 0 saturated carbocycles. The summed E-state index contributed by atoms with van der Waals surface area (Å²) >= 11 is 12.3. The molecule has 0 aliphatic carbocycles. The molecule has 1 atom stereocenters. The number of amides is 1. The van der Waals surface area contributed by atoms with Crippen LogP contribution in [0.25, 0.3) is 0 Å². The fourth-order valence-electron chi connectivity index (χ4n) is 4.40. The molecule has 0 aromatic heterocycles. The molecule has 1 fully saturated rings. The smallest absolute Gasteiger partial charge is 0.223 e. The van der Waals surface area contributed by atoms with Crippen molar-refractivity contribution in [2.75, 3.05) is 33.4 Å². The van der Waals surface area contributed by atoms with Crippen molar-refractivity contribution in [3.63, 3.8) is 0 Å². The van der Waals surface area contributed by atoms with E-state index in [-0.39, 0.29) is 23.4 Å². The van der Waals surface area contributed by atoms with Crippen LogP contribution in [0.2, 0.25) is 10.0 Å². The number of nitrogens with zero attached hydrogens (tertiary/aromatic N) is 2. The van der Waals surface area contributed by atoms with Crippen molar-refractivity contribution in [1.29, 1.82) is 0 Å². The van der Waals surface area contributed by atoms with Crippen molar-refractivity contribution < 1.29 is 9.53 Å². The summed E-state index contributed by atoms with van der Waals surface area (Å²) in [6, 6.07) is 16.3. The molecule has 6 heteroatoms. The second kappa shape index (κ2) is 11.0. The molecule has 174 valence electrons. The normalized spacial score (nSPS) is 17.7. The van der Waals surface area contributed by atoms with Gasteiger partial charge in [-0.25, -0.2) is 0 Å². The van der Waals surface area contributed by atoms with E-state index in [2.05, 4.69) is 54.8 Å². The van der Waals surface area contributed by atoms with Gasteiger partial charge in [0.05, 0.1) is 6.04 Å². The second-order valence-electron chi connectivity index (χ2n) is 9.76. The van der Waals surface area contributed by atoms with E-state index in [9.17, 15) is 4.79 Å². The fraction of sp³-hybridized carbons (Fsp3) is 0.500. The largest absolute Gasteiger partial charge is 0.385 e. The van der Waals surface area contributed by atoms with Crippen LogP contribution in [0, 0.1) is 5.41 Å². The summed E-state index contributed by atoms with van der Waals surface area (Å²) in [5.41, 5.74) is 2.32. The zero-order valence-electron chi connectivity index (χ0n) is 19.5. The van der Waals surface area contributed by atoms with Gasteiger partial charge in [0, 0.05) is 55.9 Å². The summed E-state index contributed by atoms with van der Waals surface area (Å²) in [6.07, 6.45) is 1.37. The van der Waals surface area contributed by atoms with Crippen LogP contribution in [-0.4, -0.2) is 55.1 Å². The van der Waals surface area contributed by atoms with Gasteiger partial charge in [-0.1, -0.05) is 68.2 Å². The number of ether oxygens (including phenoxy) is 1. The zero-order valence-corrected chi connectivity index (χ0v) is 21.0. The van der Waals surface area contributed by atoms with Crippen LogP contribution < -0.4 is 0 Å². The number of benzene rings is 2. The van der Waals surface area contributed by atoms with Gasteiger partial charge in [0.1, 0.15) is 0 Å². The Kier molecular flexibility index (Phi) is 8.62. The highest BCUT2D eigenvalue weighted by atomic mass is 35.5. The number of rotatable bonds is 7. The van der Waals surface area contributed by atoms with E-state index in [1.54, 1.807) is 7.11 Å². The number of methoxy groups -OCH3 is 1. The molecular weight excluding hydrogens is 443 g/mol. The van der Waals surface area contributed by atoms with E-state index < -0.39 is 0 Å². The van der Waals surface area contributed by atoms with E-state index in [0.29, 0.717) is 19.6 Å². The maximum absolute atomic E-state index is 13.1. The molecule has 0 N–H and O–H groups in total. The van der Waals surface area contributed by atoms with Gasteiger partial charge < -0.3 is 9.64 Å². The Morgan fingerprint density at radius 1 is 1.00 bits per heavy atom. The summed E-state index contributed by atoms with van der Waals surface area (Å²) in [5.74, 6) is 0.229. The van der Waals surface area contributed by atoms with Gasteiger partial charge in [-0.3, -0.25) is 9.69 Å². The summed E-state index contributed by atoms with van der Waals surface area (Å²) < 4.78 is 5.38. The van der Waals surface area contributed by atoms with E-state index in [1.807, 2.05) is 24.3 Å². The van der Waals surface area contributed by atoms with Gasteiger partial charge in [0.2, 0.25) is 5.91 Å². The maximum atomic E-state index is 13.1. The lowest BCUT2D eigenvalue weighted by Gasteiger charge is -2.45. The third-order valence-corrected chi connectivity index (χ3v) is 6.41. The summed E-state index contributed by atoms with van der Waals surface area (Å²) in [4.78, 5) is 17.7. The molecular formula is C26H34Cl2N2O2. The molecule has 2 aromatic rings. The van der Waals surface area contributed by atoms with E-state index in [4.69, 9.17) is 27.9 Å². The molecule has 0 unspecified atom stereocenters. The molecule has 2 aromatic carbocycles. The Balaban J connectivity index is 1.89. The Labute approximate surface area is 202 Å². The number of carbonyl (C=O) groups excluding carboxylic acids is 1.